The molecular weight excluding hydrogens is 1040 g/mol. The standard InChI is InChI=1S/C64H45N4O.Pt/c1-40-25-30-51-49-20-11-12-21-50(49)53-23-14-24-59-64(53)67(63-42(3)15-13-22-54(63)55(51)33-40)39-66(59)47-28-26-41(2)61(36-47)69-48-29-31-52-56-35-46(44-16-7-5-8-17-44)27-32-58(56)68(60(52)37-48)62-34-43(4)57(38-65-62)45-18-9-6-10-19-45;/h5-35,38-39H,1-4H3;/q-3;/i2D3,4D3,5D,6D,7D,8D,9D,10D,16D,17D,18D,19D;. The van der Waals surface area contributed by atoms with Crippen molar-refractivity contribution < 1.29 is 47.7 Å². The largest absolute Gasteiger partial charge is 0.509 e. The Hall–Kier alpha value is -8.11. The van der Waals surface area contributed by atoms with Crippen LogP contribution in [0.3, 0.4) is 0 Å². The Labute approximate surface area is 443 Å². The van der Waals surface area contributed by atoms with Gasteiger partial charge in [-0.2, -0.15) is 12.1 Å². The molecule has 0 bridgehead atoms. The van der Waals surface area contributed by atoms with E-state index in [2.05, 4.69) is 85.1 Å². The van der Waals surface area contributed by atoms with Gasteiger partial charge in [-0.3, -0.25) is 0 Å². The van der Waals surface area contributed by atoms with E-state index in [1.54, 1.807) is 41.0 Å². The molecule has 5 nitrogen and oxygen atoms in total. The van der Waals surface area contributed by atoms with Crippen molar-refractivity contribution in [1.82, 2.24) is 14.1 Å². The molecule has 9 aromatic carbocycles. The fourth-order valence-electron chi connectivity index (χ4n) is 9.77. The first kappa shape index (κ1) is 29.0. The first-order valence-electron chi connectivity index (χ1n) is 30.2. The first-order chi connectivity index (χ1) is 40.4. The summed E-state index contributed by atoms with van der Waals surface area (Å²) in [5, 5.41) is 7.10. The van der Waals surface area contributed by atoms with Gasteiger partial charge in [0.25, 0.3) is 0 Å². The van der Waals surface area contributed by atoms with Crippen molar-refractivity contribution in [2.75, 3.05) is 4.90 Å². The van der Waals surface area contributed by atoms with Crippen LogP contribution >= 0.6 is 0 Å². The van der Waals surface area contributed by atoms with Gasteiger partial charge in [0.15, 0.2) is 0 Å². The fourth-order valence-corrected chi connectivity index (χ4v) is 9.77. The number of ether oxygens (including phenoxy) is 1. The third kappa shape index (κ3) is 7.03. The third-order valence-electron chi connectivity index (χ3n) is 12.9. The molecule has 0 aliphatic carbocycles. The summed E-state index contributed by atoms with van der Waals surface area (Å²) in [4.78, 5) is 6.64. The Kier molecular flexibility index (Phi) is 7.11. The van der Waals surface area contributed by atoms with Gasteiger partial charge in [-0.15, -0.1) is 35.2 Å². The summed E-state index contributed by atoms with van der Waals surface area (Å²) in [7, 11) is 0. The zero-order valence-electron chi connectivity index (χ0n) is 53.3. The molecule has 0 fully saturated rings. The van der Waals surface area contributed by atoms with Crippen LogP contribution < -0.4 is 9.64 Å². The first-order valence-corrected chi connectivity index (χ1v) is 22.2. The number of aromatic nitrogens is 3. The normalized spacial score (nSPS) is 15.6. The fraction of sp³-hybridized carbons (Fsp3) is 0.0625. The molecule has 0 saturated carbocycles. The summed E-state index contributed by atoms with van der Waals surface area (Å²) in [5.74, 6) is -0.171. The molecule has 13 rings (SSSR count). The minimum absolute atomic E-state index is 0. The molecular formula is C64H45N4OPt-3. The molecule has 0 radical (unpaired) electrons. The summed E-state index contributed by atoms with van der Waals surface area (Å²) in [6.45, 7) is 0.486. The minimum Gasteiger partial charge on any atom is -0.509 e. The molecule has 1 aliphatic heterocycles. The molecule has 0 unspecified atom stereocenters. The van der Waals surface area contributed by atoms with Gasteiger partial charge < -0.3 is 18.8 Å². The second-order valence-corrected chi connectivity index (χ2v) is 17.0. The van der Waals surface area contributed by atoms with Crippen molar-refractivity contribution in [1.29, 1.82) is 0 Å². The summed E-state index contributed by atoms with van der Waals surface area (Å²) >= 11 is 0. The number of pyridine rings is 1. The number of rotatable bonds is 6. The number of hydrogen-bond acceptors (Lipinski definition) is 3. The van der Waals surface area contributed by atoms with Gasteiger partial charge in [-0.25, -0.2) is 4.98 Å². The van der Waals surface area contributed by atoms with Gasteiger partial charge in [0.2, 0.25) is 0 Å². The van der Waals surface area contributed by atoms with E-state index in [1.807, 2.05) is 35.8 Å². The smallest absolute Gasteiger partial charge is 0.135 e. The zero-order chi connectivity index (χ0) is 60.0. The monoisotopic (exact) mass is 1100 g/mol. The second kappa shape index (κ2) is 17.1. The van der Waals surface area contributed by atoms with Crippen LogP contribution in [0.5, 0.6) is 11.5 Å². The number of anilines is 2. The van der Waals surface area contributed by atoms with E-state index >= 15 is 0 Å². The van der Waals surface area contributed by atoms with Crippen molar-refractivity contribution in [3.05, 3.63) is 235 Å². The maximum atomic E-state index is 8.80. The SMILES string of the molecule is [2H]c1c([2H])c([2H])c(-c2ccc3c(c2)c2ccc(Oc4[c-]c(N5[CH-]n6c7c(C)cccc7c7cc(C)ccc7c7ccccc7c7cccc5c76)ccc4C([2H])([2H])[2H])[c-]c2n3-c2cc(C([2H])([2H])[2H])c(-c3c([2H])c([2H])c([2H])c([2H])c3[2H])cn2)c([2H])c1[2H].[Pt]. The predicted octanol–water partition coefficient (Wildman–Crippen LogP) is 16.8. The van der Waals surface area contributed by atoms with E-state index in [-0.39, 0.29) is 71.7 Å². The number of benzene rings is 9. The molecule has 0 atom stereocenters. The summed E-state index contributed by atoms with van der Waals surface area (Å²) in [5.41, 5.74) is 4.83. The predicted molar refractivity (Wildman–Crippen MR) is 287 cm³/mol. The average Bonchev–Trinajstić information content (AvgIpc) is 1.77. The summed E-state index contributed by atoms with van der Waals surface area (Å²) in [6, 6.07) is 40.5. The van der Waals surface area contributed by atoms with Crippen molar-refractivity contribution in [2.45, 2.75) is 27.6 Å². The van der Waals surface area contributed by atoms with Gasteiger partial charge in [0, 0.05) is 63.8 Å². The Morgan fingerprint density at radius 3 is 2.09 bits per heavy atom. The van der Waals surface area contributed by atoms with Gasteiger partial charge >= 0.3 is 0 Å². The van der Waals surface area contributed by atoms with Crippen molar-refractivity contribution in [3.63, 3.8) is 0 Å². The second-order valence-electron chi connectivity index (χ2n) is 17.0. The molecule has 0 saturated heterocycles. The Bertz CT molecular complexity index is 4940. The van der Waals surface area contributed by atoms with Crippen LogP contribution in [0.15, 0.2) is 194 Å². The molecule has 70 heavy (non-hydrogen) atoms. The van der Waals surface area contributed by atoms with Crippen LogP contribution in [0.25, 0.3) is 93.2 Å². The van der Waals surface area contributed by atoms with Crippen LogP contribution in [0, 0.1) is 46.4 Å². The number of aryl methyl sites for hydroxylation is 4. The van der Waals surface area contributed by atoms with E-state index in [0.717, 1.165) is 66.4 Å². The topological polar surface area (TPSA) is 35.2 Å². The summed E-state index contributed by atoms with van der Waals surface area (Å²) in [6.07, 6.45) is 1.13. The molecule has 1 aliphatic rings. The molecule has 12 aromatic rings. The number of para-hydroxylation sites is 2. The molecule has 4 heterocycles. The quantitative estimate of drug-likeness (QED) is 0.156. The Morgan fingerprint density at radius 2 is 1.29 bits per heavy atom. The van der Waals surface area contributed by atoms with Gasteiger partial charge in [0.05, 0.1) is 13.7 Å². The van der Waals surface area contributed by atoms with E-state index in [4.69, 9.17) is 31.7 Å². The Morgan fingerprint density at radius 1 is 0.571 bits per heavy atom. The van der Waals surface area contributed by atoms with Crippen LogP contribution in [0.2, 0.25) is 0 Å². The molecule has 6 heteroatoms. The van der Waals surface area contributed by atoms with E-state index in [9.17, 15) is 0 Å². The van der Waals surface area contributed by atoms with Crippen molar-refractivity contribution in [3.8, 4) is 39.6 Å². The number of fused-ring (bicyclic) bond motifs is 10. The maximum Gasteiger partial charge on any atom is 0.135 e. The van der Waals surface area contributed by atoms with Crippen molar-refractivity contribution >= 4 is 76.5 Å². The van der Waals surface area contributed by atoms with E-state index in [1.165, 1.54) is 12.1 Å². The molecule has 3 aromatic heterocycles. The average molecular weight is 1100 g/mol. The summed E-state index contributed by atoms with van der Waals surface area (Å²) < 4.78 is 148. The van der Waals surface area contributed by atoms with Crippen LogP contribution in [-0.2, 0) is 21.1 Å². The molecule has 340 valence electrons. The van der Waals surface area contributed by atoms with E-state index < -0.39 is 79.7 Å². The van der Waals surface area contributed by atoms with Gasteiger partial charge in [-0.1, -0.05) is 180 Å². The number of hydrogen-bond donors (Lipinski definition) is 0. The van der Waals surface area contributed by atoms with Crippen LogP contribution in [-0.4, -0.2) is 14.1 Å². The molecule has 0 spiro atoms. The van der Waals surface area contributed by atoms with Crippen LogP contribution in [0.4, 0.5) is 11.4 Å². The molecule has 0 N–H and O–H groups in total. The third-order valence-corrected chi connectivity index (χ3v) is 12.9. The zero-order valence-corrected chi connectivity index (χ0v) is 39.6. The van der Waals surface area contributed by atoms with Gasteiger partial charge in [-0.05, 0) is 111 Å². The minimum atomic E-state index is -2.94. The number of nitrogens with zero attached hydrogens (tertiary/aromatic N) is 4. The van der Waals surface area contributed by atoms with Gasteiger partial charge in [0.1, 0.15) is 5.82 Å². The maximum absolute atomic E-state index is 8.80. The van der Waals surface area contributed by atoms with Crippen molar-refractivity contribution in [2.24, 2.45) is 0 Å². The Balaban J connectivity index is 0.00000724. The molecule has 0 amide bonds. The van der Waals surface area contributed by atoms with Crippen LogP contribution in [0.1, 0.15) is 44.2 Å². The van der Waals surface area contributed by atoms with E-state index in [0.29, 0.717) is 22.0 Å².